The van der Waals surface area contributed by atoms with Crippen LogP contribution in [0.2, 0.25) is 0 Å². The van der Waals surface area contributed by atoms with E-state index in [2.05, 4.69) is 4.90 Å². The fourth-order valence-corrected chi connectivity index (χ4v) is 5.90. The second kappa shape index (κ2) is 7.02. The van der Waals surface area contributed by atoms with Gasteiger partial charge >= 0.3 is 0 Å². The molecule has 6 nitrogen and oxygen atoms in total. The monoisotopic (exact) mass is 380 g/mol. The van der Waals surface area contributed by atoms with Gasteiger partial charge in [-0.1, -0.05) is 0 Å². The molecule has 1 aromatic carbocycles. The third-order valence-corrected chi connectivity index (χ3v) is 7.61. The van der Waals surface area contributed by atoms with E-state index in [0.29, 0.717) is 29.8 Å². The van der Waals surface area contributed by atoms with Gasteiger partial charge in [0.2, 0.25) is 10.0 Å². The molecule has 26 heavy (non-hydrogen) atoms. The summed E-state index contributed by atoms with van der Waals surface area (Å²) in [4.78, 5) is 2.61. The van der Waals surface area contributed by atoms with Gasteiger partial charge in [0.05, 0.1) is 18.8 Å². The van der Waals surface area contributed by atoms with Crippen LogP contribution in [0.1, 0.15) is 39.0 Å². The molecule has 7 heteroatoms. The summed E-state index contributed by atoms with van der Waals surface area (Å²) in [5, 5.41) is 0. The van der Waals surface area contributed by atoms with E-state index in [1.54, 1.807) is 17.5 Å². The van der Waals surface area contributed by atoms with Gasteiger partial charge in [-0.2, -0.15) is 4.31 Å². The van der Waals surface area contributed by atoms with Gasteiger partial charge in [-0.3, -0.25) is 0 Å². The molecule has 1 saturated heterocycles. The third-order valence-electron chi connectivity index (χ3n) is 5.62. The number of ether oxygens (including phenoxy) is 2. The molecule has 4 rings (SSSR count). The van der Waals surface area contributed by atoms with Crippen LogP contribution in [-0.4, -0.2) is 57.7 Å². The van der Waals surface area contributed by atoms with Crippen molar-refractivity contribution in [2.24, 2.45) is 0 Å². The minimum absolute atomic E-state index is 0.00546. The summed E-state index contributed by atoms with van der Waals surface area (Å²) in [5.41, 5.74) is 1.02. The highest BCUT2D eigenvalue weighted by Gasteiger charge is 2.40. The van der Waals surface area contributed by atoms with Gasteiger partial charge in [0.1, 0.15) is 10.6 Å². The third kappa shape index (κ3) is 3.32. The maximum Gasteiger partial charge on any atom is 0.247 e. The van der Waals surface area contributed by atoms with Crippen LogP contribution in [0.25, 0.3) is 0 Å². The Bertz CT molecular complexity index is 763. The largest absolute Gasteiger partial charge is 0.489 e. The first-order valence-electron chi connectivity index (χ1n) is 9.59. The maximum absolute atomic E-state index is 13.2. The summed E-state index contributed by atoms with van der Waals surface area (Å²) in [5.74, 6) is 0.489. The zero-order valence-electron chi connectivity index (χ0n) is 15.6. The Morgan fingerprint density at radius 3 is 2.73 bits per heavy atom. The van der Waals surface area contributed by atoms with Crippen LogP contribution >= 0.6 is 0 Å². The number of methoxy groups -OCH3 is 1. The second-order valence-electron chi connectivity index (χ2n) is 7.64. The van der Waals surface area contributed by atoms with Gasteiger partial charge in [0.25, 0.3) is 0 Å². The summed E-state index contributed by atoms with van der Waals surface area (Å²) >= 11 is 0. The molecule has 2 fully saturated rings. The summed E-state index contributed by atoms with van der Waals surface area (Å²) in [6, 6.07) is 6.07. The van der Waals surface area contributed by atoms with Crippen molar-refractivity contribution < 1.29 is 17.9 Å². The van der Waals surface area contributed by atoms with E-state index in [4.69, 9.17) is 9.47 Å². The molecule has 0 unspecified atom stereocenters. The van der Waals surface area contributed by atoms with Crippen molar-refractivity contribution in [3.63, 3.8) is 0 Å². The van der Waals surface area contributed by atoms with Crippen LogP contribution < -0.4 is 9.64 Å². The summed E-state index contributed by atoms with van der Waals surface area (Å²) < 4.78 is 39.4. The summed E-state index contributed by atoms with van der Waals surface area (Å²) in [6.45, 7) is 4.20. The van der Waals surface area contributed by atoms with E-state index in [-0.39, 0.29) is 12.1 Å². The van der Waals surface area contributed by atoms with Crippen molar-refractivity contribution in [1.82, 2.24) is 4.31 Å². The molecule has 1 saturated carbocycles. The van der Waals surface area contributed by atoms with Crippen LogP contribution in [0.15, 0.2) is 23.1 Å². The SMILES string of the molecule is COC[C@@H]1CCCN1c1ccc2c(c1)O[C@H](C)CCN(C1CC1)S2(=O)=O. The molecule has 2 aliphatic heterocycles. The lowest BCUT2D eigenvalue weighted by Crippen LogP contribution is -2.38. The predicted molar refractivity (Wildman–Crippen MR) is 100 cm³/mol. The summed E-state index contributed by atoms with van der Waals surface area (Å²) in [6.07, 6.45) is 4.86. The van der Waals surface area contributed by atoms with Crippen LogP contribution in [0.4, 0.5) is 5.69 Å². The highest BCUT2D eigenvalue weighted by Crippen LogP contribution is 2.39. The highest BCUT2D eigenvalue weighted by atomic mass is 32.2. The molecule has 0 N–H and O–H groups in total. The van der Waals surface area contributed by atoms with E-state index < -0.39 is 10.0 Å². The molecular weight excluding hydrogens is 352 g/mol. The van der Waals surface area contributed by atoms with E-state index in [9.17, 15) is 8.42 Å². The number of rotatable bonds is 4. The Morgan fingerprint density at radius 2 is 2.00 bits per heavy atom. The molecule has 1 aliphatic carbocycles. The van der Waals surface area contributed by atoms with Gasteiger partial charge in [-0.15, -0.1) is 0 Å². The molecule has 0 spiro atoms. The van der Waals surface area contributed by atoms with Crippen molar-refractivity contribution in [2.45, 2.75) is 62.1 Å². The van der Waals surface area contributed by atoms with Crippen molar-refractivity contribution in [2.75, 3.05) is 31.7 Å². The average Bonchev–Trinajstić information content (AvgIpc) is 3.31. The Balaban J connectivity index is 1.71. The van der Waals surface area contributed by atoms with E-state index in [1.807, 2.05) is 19.1 Å². The first kappa shape index (κ1) is 18.1. The number of fused-ring (bicyclic) bond motifs is 1. The van der Waals surface area contributed by atoms with Crippen molar-refractivity contribution >= 4 is 15.7 Å². The van der Waals surface area contributed by atoms with E-state index in [0.717, 1.165) is 44.3 Å². The molecular formula is C19H28N2O4S. The number of anilines is 1. The lowest BCUT2D eigenvalue weighted by atomic mass is 10.2. The normalized spacial score (nSPS) is 28.9. The van der Waals surface area contributed by atoms with Crippen LogP contribution in [-0.2, 0) is 14.8 Å². The maximum atomic E-state index is 13.2. The number of nitrogens with zero attached hydrogens (tertiary/aromatic N) is 2. The average molecular weight is 381 g/mol. The first-order chi connectivity index (χ1) is 12.5. The van der Waals surface area contributed by atoms with E-state index in [1.165, 1.54) is 0 Å². The minimum atomic E-state index is -3.50. The van der Waals surface area contributed by atoms with Gasteiger partial charge in [0, 0.05) is 38.0 Å². The lowest BCUT2D eigenvalue weighted by Gasteiger charge is -2.31. The Kier molecular flexibility index (Phi) is 4.88. The number of hydrogen-bond donors (Lipinski definition) is 0. The van der Waals surface area contributed by atoms with E-state index >= 15 is 0 Å². The van der Waals surface area contributed by atoms with Gasteiger partial charge < -0.3 is 14.4 Å². The van der Waals surface area contributed by atoms with Gasteiger partial charge in [-0.25, -0.2) is 8.42 Å². The quantitative estimate of drug-likeness (QED) is 0.804. The number of hydrogen-bond acceptors (Lipinski definition) is 5. The smallest absolute Gasteiger partial charge is 0.247 e. The zero-order chi connectivity index (χ0) is 18.3. The topological polar surface area (TPSA) is 59.1 Å². The first-order valence-corrected chi connectivity index (χ1v) is 11.0. The van der Waals surface area contributed by atoms with Crippen molar-refractivity contribution in [3.05, 3.63) is 18.2 Å². The fraction of sp³-hybridized carbons (Fsp3) is 0.684. The van der Waals surface area contributed by atoms with Crippen LogP contribution in [0.5, 0.6) is 5.75 Å². The van der Waals surface area contributed by atoms with Crippen LogP contribution in [0.3, 0.4) is 0 Å². The highest BCUT2D eigenvalue weighted by molar-refractivity contribution is 7.89. The molecule has 0 bridgehead atoms. The molecule has 0 amide bonds. The Hall–Kier alpha value is -1.31. The fourth-order valence-electron chi connectivity index (χ4n) is 4.09. The molecule has 2 atom stereocenters. The Labute approximate surface area is 156 Å². The molecule has 144 valence electrons. The van der Waals surface area contributed by atoms with Crippen LogP contribution in [0, 0.1) is 0 Å². The molecule has 2 heterocycles. The van der Waals surface area contributed by atoms with Gasteiger partial charge in [-0.05, 0) is 51.2 Å². The molecule has 0 radical (unpaired) electrons. The predicted octanol–water partition coefficient (Wildman–Crippen LogP) is 2.63. The number of sulfonamides is 1. The molecule has 0 aromatic heterocycles. The number of benzene rings is 1. The Morgan fingerprint density at radius 1 is 1.19 bits per heavy atom. The van der Waals surface area contributed by atoms with Gasteiger partial charge in [0.15, 0.2) is 0 Å². The molecule has 1 aromatic rings. The minimum Gasteiger partial charge on any atom is -0.489 e. The van der Waals surface area contributed by atoms with Crippen molar-refractivity contribution in [3.8, 4) is 5.75 Å². The summed E-state index contributed by atoms with van der Waals surface area (Å²) in [7, 11) is -1.78. The standard InChI is InChI=1S/C19H28N2O4S/c1-14-9-11-21(15-5-6-15)26(22,23)19-8-7-16(12-18(19)25-14)20-10-3-4-17(20)13-24-2/h7-8,12,14-15,17H,3-6,9-11,13H2,1-2H3/t14-,17+/m1/s1. The molecule has 3 aliphatic rings. The van der Waals surface area contributed by atoms with Crippen molar-refractivity contribution in [1.29, 1.82) is 0 Å². The lowest BCUT2D eigenvalue weighted by molar-refractivity contribution is 0.180. The zero-order valence-corrected chi connectivity index (χ0v) is 16.4. The second-order valence-corrected chi connectivity index (χ2v) is 9.50.